The van der Waals surface area contributed by atoms with E-state index in [9.17, 15) is 4.79 Å². The van der Waals surface area contributed by atoms with Gasteiger partial charge in [-0.25, -0.2) is 0 Å². The van der Waals surface area contributed by atoms with Crippen LogP contribution in [0, 0.1) is 5.92 Å². The fourth-order valence-corrected chi connectivity index (χ4v) is 2.28. The molecule has 1 aliphatic heterocycles. The maximum absolute atomic E-state index is 12.0. The Morgan fingerprint density at radius 1 is 1.29 bits per heavy atom. The average molecular weight is 194 g/mol. The van der Waals surface area contributed by atoms with E-state index in [2.05, 4.69) is 6.08 Å². The molecular weight excluding hydrogens is 176 g/mol. The summed E-state index contributed by atoms with van der Waals surface area (Å²) in [6.07, 6.45) is 8.57. The van der Waals surface area contributed by atoms with Gasteiger partial charge in [0.1, 0.15) is 0 Å². The number of carbonyl (C=O) groups is 1. The molecule has 2 aliphatic rings. The van der Waals surface area contributed by atoms with Crippen molar-refractivity contribution in [3.63, 3.8) is 0 Å². The largest absolute Gasteiger partial charge is 0.381 e. The van der Waals surface area contributed by atoms with E-state index in [1.54, 1.807) is 0 Å². The highest BCUT2D eigenvalue weighted by Gasteiger charge is 2.24. The fraction of sp³-hybridized carbons (Fsp3) is 0.750. The molecule has 1 aliphatic carbocycles. The molecule has 0 radical (unpaired) electrons. The van der Waals surface area contributed by atoms with Crippen molar-refractivity contribution in [2.24, 2.45) is 5.92 Å². The number of ketones is 1. The van der Waals surface area contributed by atoms with Crippen LogP contribution in [-0.4, -0.2) is 19.0 Å². The molecule has 2 heteroatoms. The second kappa shape index (κ2) is 4.74. The van der Waals surface area contributed by atoms with Crippen molar-refractivity contribution in [1.29, 1.82) is 0 Å². The number of hydrogen-bond donors (Lipinski definition) is 0. The normalized spacial score (nSPS) is 24.4. The van der Waals surface area contributed by atoms with Crippen molar-refractivity contribution in [2.45, 2.75) is 38.5 Å². The minimum Gasteiger partial charge on any atom is -0.381 e. The molecule has 0 atom stereocenters. The minimum atomic E-state index is 0.257. The Morgan fingerprint density at radius 3 is 2.71 bits per heavy atom. The van der Waals surface area contributed by atoms with E-state index in [0.717, 1.165) is 44.5 Å². The predicted octanol–water partition coefficient (Wildman–Crippen LogP) is 2.48. The van der Waals surface area contributed by atoms with Gasteiger partial charge in [-0.2, -0.15) is 0 Å². The lowest BCUT2D eigenvalue weighted by Crippen LogP contribution is -2.25. The van der Waals surface area contributed by atoms with Gasteiger partial charge < -0.3 is 4.74 Å². The molecule has 2 rings (SSSR count). The molecule has 0 bridgehead atoms. The lowest BCUT2D eigenvalue weighted by atomic mass is 9.86. The smallest absolute Gasteiger partial charge is 0.161 e. The Kier molecular flexibility index (Phi) is 3.35. The Balaban J connectivity index is 1.95. The first kappa shape index (κ1) is 9.91. The van der Waals surface area contributed by atoms with Crippen LogP contribution in [-0.2, 0) is 9.53 Å². The molecule has 2 nitrogen and oxygen atoms in total. The van der Waals surface area contributed by atoms with Gasteiger partial charge in [0.2, 0.25) is 0 Å². The van der Waals surface area contributed by atoms with Crippen molar-refractivity contribution >= 4 is 5.78 Å². The lowest BCUT2D eigenvalue weighted by Gasteiger charge is -2.23. The second-order valence-electron chi connectivity index (χ2n) is 4.23. The van der Waals surface area contributed by atoms with Gasteiger partial charge in [0, 0.05) is 19.1 Å². The maximum Gasteiger partial charge on any atom is 0.161 e. The Bertz CT molecular complexity index is 237. The molecule has 14 heavy (non-hydrogen) atoms. The SMILES string of the molecule is O=C(C1=CCCCC1)C1CCOCC1. The van der Waals surface area contributed by atoms with Gasteiger partial charge in [-0.15, -0.1) is 0 Å². The van der Waals surface area contributed by atoms with Crippen molar-refractivity contribution in [3.8, 4) is 0 Å². The number of Topliss-reactive ketones (excluding diaryl/α,β-unsaturated/α-hetero) is 1. The van der Waals surface area contributed by atoms with Crippen LogP contribution in [0.4, 0.5) is 0 Å². The molecular formula is C12H18O2. The fourth-order valence-electron chi connectivity index (χ4n) is 2.28. The van der Waals surface area contributed by atoms with Crippen LogP contribution >= 0.6 is 0 Å². The number of allylic oxidation sites excluding steroid dienone is 2. The van der Waals surface area contributed by atoms with E-state index >= 15 is 0 Å². The molecule has 0 aromatic heterocycles. The molecule has 0 spiro atoms. The molecule has 0 saturated carbocycles. The Hall–Kier alpha value is -0.630. The molecule has 1 saturated heterocycles. The van der Waals surface area contributed by atoms with Crippen LogP contribution in [0.2, 0.25) is 0 Å². The van der Waals surface area contributed by atoms with E-state index in [0.29, 0.717) is 5.78 Å². The average Bonchev–Trinajstić information content (AvgIpc) is 2.30. The van der Waals surface area contributed by atoms with E-state index in [1.807, 2.05) is 0 Å². The molecule has 0 aromatic rings. The monoisotopic (exact) mass is 194 g/mol. The third-order valence-corrected chi connectivity index (χ3v) is 3.20. The van der Waals surface area contributed by atoms with Gasteiger partial charge in [0.25, 0.3) is 0 Å². The topological polar surface area (TPSA) is 26.3 Å². The highest BCUT2D eigenvalue weighted by atomic mass is 16.5. The second-order valence-corrected chi connectivity index (χ2v) is 4.23. The van der Waals surface area contributed by atoms with Gasteiger partial charge in [0.05, 0.1) is 0 Å². The quantitative estimate of drug-likeness (QED) is 0.675. The first-order valence-electron chi connectivity index (χ1n) is 5.69. The molecule has 1 fully saturated rings. The van der Waals surface area contributed by atoms with Gasteiger partial charge in [0.15, 0.2) is 5.78 Å². The first-order chi connectivity index (χ1) is 6.88. The summed E-state index contributed by atoms with van der Waals surface area (Å²) in [7, 11) is 0. The molecule has 1 heterocycles. The minimum absolute atomic E-state index is 0.257. The van der Waals surface area contributed by atoms with Crippen LogP contribution in [0.25, 0.3) is 0 Å². The van der Waals surface area contributed by atoms with Crippen molar-refractivity contribution in [1.82, 2.24) is 0 Å². The zero-order chi connectivity index (χ0) is 9.80. The van der Waals surface area contributed by atoms with Crippen LogP contribution in [0.5, 0.6) is 0 Å². The number of rotatable bonds is 2. The summed E-state index contributed by atoms with van der Waals surface area (Å²) >= 11 is 0. The summed E-state index contributed by atoms with van der Waals surface area (Å²) in [6.45, 7) is 1.54. The molecule has 78 valence electrons. The number of carbonyl (C=O) groups excluding carboxylic acids is 1. The van der Waals surface area contributed by atoms with Crippen molar-refractivity contribution in [2.75, 3.05) is 13.2 Å². The summed E-state index contributed by atoms with van der Waals surface area (Å²) in [5, 5.41) is 0. The highest BCUT2D eigenvalue weighted by Crippen LogP contribution is 2.25. The zero-order valence-corrected chi connectivity index (χ0v) is 8.63. The standard InChI is InChI=1S/C12H18O2/c13-12(10-4-2-1-3-5-10)11-6-8-14-9-7-11/h4,11H,1-3,5-9H2. The van der Waals surface area contributed by atoms with Crippen LogP contribution in [0.3, 0.4) is 0 Å². The molecule has 0 N–H and O–H groups in total. The number of hydrogen-bond acceptors (Lipinski definition) is 2. The maximum atomic E-state index is 12.0. The van der Waals surface area contributed by atoms with Gasteiger partial charge >= 0.3 is 0 Å². The van der Waals surface area contributed by atoms with Crippen LogP contribution in [0.1, 0.15) is 38.5 Å². The summed E-state index contributed by atoms with van der Waals surface area (Å²) < 4.78 is 5.27. The first-order valence-corrected chi connectivity index (χ1v) is 5.69. The van der Waals surface area contributed by atoms with Crippen molar-refractivity contribution in [3.05, 3.63) is 11.6 Å². The van der Waals surface area contributed by atoms with Crippen LogP contribution < -0.4 is 0 Å². The highest BCUT2D eigenvalue weighted by molar-refractivity contribution is 5.97. The molecule has 0 amide bonds. The lowest BCUT2D eigenvalue weighted by molar-refractivity contribution is -0.122. The number of ether oxygens (including phenoxy) is 1. The van der Waals surface area contributed by atoms with Gasteiger partial charge in [-0.3, -0.25) is 4.79 Å². The van der Waals surface area contributed by atoms with Gasteiger partial charge in [-0.05, 0) is 44.1 Å². The molecule has 0 unspecified atom stereocenters. The van der Waals surface area contributed by atoms with E-state index in [1.165, 1.54) is 12.8 Å². The summed E-state index contributed by atoms with van der Waals surface area (Å²) in [6, 6.07) is 0. The van der Waals surface area contributed by atoms with Crippen molar-refractivity contribution < 1.29 is 9.53 Å². The summed E-state index contributed by atoms with van der Waals surface area (Å²) in [5.41, 5.74) is 1.10. The summed E-state index contributed by atoms with van der Waals surface area (Å²) in [4.78, 5) is 12.0. The Labute approximate surface area is 85.3 Å². The van der Waals surface area contributed by atoms with E-state index in [-0.39, 0.29) is 5.92 Å². The zero-order valence-electron chi connectivity index (χ0n) is 8.63. The third-order valence-electron chi connectivity index (χ3n) is 3.20. The van der Waals surface area contributed by atoms with Gasteiger partial charge in [-0.1, -0.05) is 6.08 Å². The third kappa shape index (κ3) is 2.24. The Morgan fingerprint density at radius 2 is 2.07 bits per heavy atom. The van der Waals surface area contributed by atoms with Crippen LogP contribution in [0.15, 0.2) is 11.6 Å². The van der Waals surface area contributed by atoms with E-state index in [4.69, 9.17) is 4.74 Å². The predicted molar refractivity (Wildman–Crippen MR) is 55.1 cm³/mol. The summed E-state index contributed by atoms with van der Waals surface area (Å²) in [5.74, 6) is 0.668. The molecule has 0 aromatic carbocycles. The van der Waals surface area contributed by atoms with E-state index < -0.39 is 0 Å².